The number of carbonyl (C=O) groups is 1. The third-order valence-electron chi connectivity index (χ3n) is 2.33. The van der Waals surface area contributed by atoms with Gasteiger partial charge in [0.15, 0.2) is 6.29 Å². The lowest BCUT2D eigenvalue weighted by atomic mass is 10.1. The van der Waals surface area contributed by atoms with Crippen LogP contribution in [0.15, 0.2) is 23.8 Å². The fourth-order valence-corrected chi connectivity index (χ4v) is 1.39. The lowest BCUT2D eigenvalue weighted by Gasteiger charge is -2.30. The molecule has 96 valence electrons. The number of methoxy groups -OCH3 is 1. The van der Waals surface area contributed by atoms with E-state index in [1.54, 1.807) is 26.0 Å². The molecule has 5 heteroatoms. The predicted molar refractivity (Wildman–Crippen MR) is 61.2 cm³/mol. The van der Waals surface area contributed by atoms with Gasteiger partial charge in [0.1, 0.15) is 12.2 Å². The quantitative estimate of drug-likeness (QED) is 0.450. The molecule has 0 amide bonds. The van der Waals surface area contributed by atoms with Crippen LogP contribution in [0.5, 0.6) is 0 Å². The van der Waals surface area contributed by atoms with Crippen LogP contribution >= 0.6 is 0 Å². The van der Waals surface area contributed by atoms with Crippen LogP contribution in [0, 0.1) is 0 Å². The molecule has 0 unspecified atom stereocenters. The van der Waals surface area contributed by atoms with Gasteiger partial charge in [0.05, 0.1) is 13.7 Å². The van der Waals surface area contributed by atoms with Crippen LogP contribution in [0.3, 0.4) is 0 Å². The summed E-state index contributed by atoms with van der Waals surface area (Å²) in [4.78, 5) is 11.0. The Labute approximate surface area is 101 Å². The van der Waals surface area contributed by atoms with E-state index < -0.39 is 18.2 Å². The van der Waals surface area contributed by atoms with Crippen molar-refractivity contribution in [1.29, 1.82) is 0 Å². The maximum Gasteiger partial charge on any atom is 0.330 e. The summed E-state index contributed by atoms with van der Waals surface area (Å²) < 4.78 is 15.0. The molecule has 5 nitrogen and oxygen atoms in total. The Balaban J connectivity index is 2.57. The smallest absolute Gasteiger partial charge is 0.330 e. The zero-order chi connectivity index (χ0) is 12.8. The fraction of sp³-hybridized carbons (Fsp3) is 0.583. The van der Waals surface area contributed by atoms with E-state index in [-0.39, 0.29) is 12.9 Å². The van der Waals surface area contributed by atoms with Gasteiger partial charge in [-0.1, -0.05) is 12.2 Å². The van der Waals surface area contributed by atoms with E-state index in [1.165, 1.54) is 13.2 Å². The molecule has 1 aliphatic heterocycles. The highest BCUT2D eigenvalue weighted by Gasteiger charge is 2.25. The first-order valence-electron chi connectivity index (χ1n) is 5.42. The second-order valence-electron chi connectivity index (χ2n) is 3.84. The molecule has 1 N–H and O–H groups in total. The third-order valence-corrected chi connectivity index (χ3v) is 2.33. The summed E-state index contributed by atoms with van der Waals surface area (Å²) in [6.45, 7) is 3.78. The van der Waals surface area contributed by atoms with E-state index in [4.69, 9.17) is 9.47 Å². The second-order valence-corrected chi connectivity index (χ2v) is 3.84. The first-order valence-corrected chi connectivity index (χ1v) is 5.42. The first kappa shape index (κ1) is 13.9. The Morgan fingerprint density at radius 1 is 1.53 bits per heavy atom. The molecule has 1 rings (SSSR count). The molecule has 0 aromatic heterocycles. The van der Waals surface area contributed by atoms with E-state index >= 15 is 0 Å². The Bertz CT molecular complexity index is 321. The van der Waals surface area contributed by atoms with Crippen molar-refractivity contribution in [3.63, 3.8) is 0 Å². The van der Waals surface area contributed by atoms with Crippen LogP contribution in [0.1, 0.15) is 13.8 Å². The van der Waals surface area contributed by atoms with Gasteiger partial charge in [-0.15, -0.1) is 0 Å². The SMILES string of the molecule is COC(=O)/C=C(C)\C=C\[C@@H]1O[C@H](C)OC[C@@H]1O. The van der Waals surface area contributed by atoms with E-state index in [0.717, 1.165) is 5.57 Å². The van der Waals surface area contributed by atoms with Crippen LogP contribution in [0.25, 0.3) is 0 Å². The van der Waals surface area contributed by atoms with Crippen LogP contribution in [-0.2, 0) is 19.0 Å². The van der Waals surface area contributed by atoms with Gasteiger partial charge < -0.3 is 19.3 Å². The summed E-state index contributed by atoms with van der Waals surface area (Å²) >= 11 is 0. The number of rotatable bonds is 3. The number of carbonyl (C=O) groups excluding carboxylic acids is 1. The van der Waals surface area contributed by atoms with Crippen LogP contribution in [0.2, 0.25) is 0 Å². The van der Waals surface area contributed by atoms with Gasteiger partial charge in [-0.05, 0) is 19.4 Å². The first-order chi connectivity index (χ1) is 8.02. The molecule has 0 spiro atoms. The topological polar surface area (TPSA) is 65.0 Å². The van der Waals surface area contributed by atoms with Crippen LogP contribution < -0.4 is 0 Å². The summed E-state index contributed by atoms with van der Waals surface area (Å²) in [7, 11) is 1.32. The number of ether oxygens (including phenoxy) is 3. The standard InChI is InChI=1S/C12H18O5/c1-8(6-12(14)15-3)4-5-11-10(13)7-16-9(2)17-11/h4-6,9-11,13H,7H2,1-3H3/b5-4+,8-6-/t9-,10+,11+/m1/s1. The van der Waals surface area contributed by atoms with E-state index in [1.807, 2.05) is 0 Å². The van der Waals surface area contributed by atoms with Crippen molar-refractivity contribution in [3.8, 4) is 0 Å². The summed E-state index contributed by atoms with van der Waals surface area (Å²) in [6, 6.07) is 0. The average Bonchev–Trinajstić information content (AvgIpc) is 2.30. The molecule has 1 saturated heterocycles. The van der Waals surface area contributed by atoms with E-state index in [2.05, 4.69) is 4.74 Å². The Hall–Kier alpha value is -1.17. The number of aliphatic hydroxyl groups excluding tert-OH is 1. The highest BCUT2D eigenvalue weighted by Crippen LogP contribution is 2.14. The fourth-order valence-electron chi connectivity index (χ4n) is 1.39. The zero-order valence-corrected chi connectivity index (χ0v) is 10.3. The predicted octanol–water partition coefficient (Wildman–Crippen LogP) is 0.784. The number of aliphatic hydroxyl groups is 1. The molecular weight excluding hydrogens is 224 g/mol. The molecule has 1 aliphatic rings. The van der Waals surface area contributed by atoms with Crippen molar-refractivity contribution in [2.75, 3.05) is 13.7 Å². The molecule has 0 aromatic rings. The van der Waals surface area contributed by atoms with Crippen molar-refractivity contribution >= 4 is 5.97 Å². The Morgan fingerprint density at radius 3 is 2.88 bits per heavy atom. The van der Waals surface area contributed by atoms with Crippen LogP contribution in [0.4, 0.5) is 0 Å². The molecule has 1 heterocycles. The van der Waals surface area contributed by atoms with Gasteiger partial charge >= 0.3 is 5.97 Å². The molecular formula is C12H18O5. The average molecular weight is 242 g/mol. The van der Waals surface area contributed by atoms with Crippen molar-refractivity contribution in [2.45, 2.75) is 32.3 Å². The third kappa shape index (κ3) is 4.68. The molecule has 0 radical (unpaired) electrons. The summed E-state index contributed by atoms with van der Waals surface area (Å²) in [5.74, 6) is -0.408. The van der Waals surface area contributed by atoms with E-state index in [0.29, 0.717) is 0 Å². The normalized spacial score (nSPS) is 30.6. The van der Waals surface area contributed by atoms with Gasteiger partial charge in [-0.25, -0.2) is 4.79 Å². The molecule has 0 bridgehead atoms. The monoisotopic (exact) mass is 242 g/mol. The minimum atomic E-state index is -0.687. The van der Waals surface area contributed by atoms with Gasteiger partial charge in [-0.2, -0.15) is 0 Å². The zero-order valence-electron chi connectivity index (χ0n) is 10.3. The van der Waals surface area contributed by atoms with Crippen molar-refractivity contribution in [1.82, 2.24) is 0 Å². The van der Waals surface area contributed by atoms with Gasteiger partial charge in [0.2, 0.25) is 0 Å². The largest absolute Gasteiger partial charge is 0.466 e. The lowest BCUT2D eigenvalue weighted by Crippen LogP contribution is -2.41. The van der Waals surface area contributed by atoms with Gasteiger partial charge in [0, 0.05) is 6.08 Å². The Kier molecular flexibility index (Phi) is 5.34. The molecule has 0 saturated carbocycles. The summed E-state index contributed by atoms with van der Waals surface area (Å²) in [5.41, 5.74) is 0.729. The number of allylic oxidation sites excluding steroid dienone is 2. The van der Waals surface area contributed by atoms with E-state index in [9.17, 15) is 9.90 Å². The Morgan fingerprint density at radius 2 is 2.24 bits per heavy atom. The lowest BCUT2D eigenvalue weighted by molar-refractivity contribution is -0.230. The maximum absolute atomic E-state index is 11.0. The number of esters is 1. The van der Waals surface area contributed by atoms with Gasteiger partial charge in [0.25, 0.3) is 0 Å². The second kappa shape index (κ2) is 6.54. The van der Waals surface area contributed by atoms with Crippen molar-refractivity contribution < 1.29 is 24.1 Å². The molecule has 0 aliphatic carbocycles. The summed E-state index contributed by atoms with van der Waals surface area (Å²) in [5, 5.41) is 9.62. The molecule has 3 atom stereocenters. The highest BCUT2D eigenvalue weighted by molar-refractivity contribution is 5.83. The number of hydrogen-bond donors (Lipinski definition) is 1. The molecule has 0 aromatic carbocycles. The molecule has 1 fully saturated rings. The van der Waals surface area contributed by atoms with Crippen LogP contribution in [-0.4, -0.2) is 43.3 Å². The summed E-state index contributed by atoms with van der Waals surface area (Å²) in [6.07, 6.45) is 3.35. The van der Waals surface area contributed by atoms with Crippen molar-refractivity contribution in [3.05, 3.63) is 23.8 Å². The number of hydrogen-bond acceptors (Lipinski definition) is 5. The minimum absolute atomic E-state index is 0.246. The molecule has 17 heavy (non-hydrogen) atoms. The highest BCUT2D eigenvalue weighted by atomic mass is 16.7. The minimum Gasteiger partial charge on any atom is -0.466 e. The van der Waals surface area contributed by atoms with Gasteiger partial charge in [-0.3, -0.25) is 0 Å². The maximum atomic E-state index is 11.0. The van der Waals surface area contributed by atoms with Crippen molar-refractivity contribution in [2.24, 2.45) is 0 Å².